The molecule has 1 fully saturated rings. The maximum absolute atomic E-state index is 16.2. The fraction of sp³-hybridized carbons (Fsp3) is 0.250. The van der Waals surface area contributed by atoms with Gasteiger partial charge in [-0.1, -0.05) is 71.3 Å². The van der Waals surface area contributed by atoms with Gasteiger partial charge in [0.25, 0.3) is 0 Å². The zero-order valence-corrected chi connectivity index (χ0v) is 32.4. The van der Waals surface area contributed by atoms with Gasteiger partial charge in [-0.2, -0.15) is 6.32 Å². The minimum Gasteiger partial charge on any atom is -0.207 e. The molecule has 0 nitrogen and oxygen atoms in total. The van der Waals surface area contributed by atoms with Gasteiger partial charge in [0.1, 0.15) is 40.0 Å². The van der Waals surface area contributed by atoms with E-state index >= 15 is 35.1 Å². The number of hydrogen-bond acceptors (Lipinski definition) is 0. The van der Waals surface area contributed by atoms with Crippen LogP contribution in [0.25, 0.3) is 0 Å². The summed E-state index contributed by atoms with van der Waals surface area (Å²) in [5.41, 5.74) is 0.571. The van der Waals surface area contributed by atoms with E-state index < -0.39 is 94.4 Å². The number of hydrogen-bond donors (Lipinski definition) is 0. The zero-order chi connectivity index (χ0) is 40.2. The van der Waals surface area contributed by atoms with Crippen molar-refractivity contribution in [2.24, 2.45) is 0 Å². The highest BCUT2D eigenvalue weighted by atomic mass is 35.5. The summed E-state index contributed by atoms with van der Waals surface area (Å²) in [6.45, 7) is 10.9. The zero-order valence-electron chi connectivity index (χ0n) is 30.0. The van der Waals surface area contributed by atoms with Gasteiger partial charge in [0.15, 0.2) is 34.9 Å². The van der Waals surface area contributed by atoms with E-state index in [1.807, 2.05) is 38.1 Å². The van der Waals surface area contributed by atoms with Crippen molar-refractivity contribution in [2.45, 2.75) is 59.6 Å². The highest BCUT2D eigenvalue weighted by molar-refractivity contribution is 7.93. The fourth-order valence-corrected chi connectivity index (χ4v) is 15.9. The molecule has 0 saturated carbocycles. The summed E-state index contributed by atoms with van der Waals surface area (Å²) < 4.78 is 154. The first-order valence-electron chi connectivity index (χ1n) is 16.7. The van der Waals surface area contributed by atoms with Crippen LogP contribution in [0, 0.1) is 99.7 Å². The molecule has 14 heteroatoms. The van der Waals surface area contributed by atoms with Gasteiger partial charge in [-0.3, -0.25) is 0 Å². The molecule has 5 aromatic carbocycles. The minimum absolute atomic E-state index is 0.0717. The average Bonchev–Trinajstić information content (AvgIpc) is 3.84. The van der Waals surface area contributed by atoms with Crippen molar-refractivity contribution in [3.05, 3.63) is 152 Å². The van der Waals surface area contributed by atoms with E-state index in [9.17, 15) is 8.78 Å². The molecule has 1 saturated heterocycles. The van der Waals surface area contributed by atoms with Crippen LogP contribution in [0.15, 0.2) is 54.6 Å². The number of halogens is 12. The van der Waals surface area contributed by atoms with Gasteiger partial charge in [-0.05, 0) is 69.4 Å². The predicted octanol–water partition coefficient (Wildman–Crippen LogP) is 10.7. The fourth-order valence-electron chi connectivity index (χ4n) is 9.02. The van der Waals surface area contributed by atoms with Gasteiger partial charge in [0.05, 0.1) is 18.8 Å². The van der Waals surface area contributed by atoms with Crippen LogP contribution < -0.4 is 21.5 Å². The van der Waals surface area contributed by atoms with E-state index in [2.05, 4.69) is 0 Å². The molecular weight excluding hydrogens is 783 g/mol. The van der Waals surface area contributed by atoms with Crippen LogP contribution in [-0.2, 0) is 6.16 Å². The second-order valence-corrected chi connectivity index (χ2v) is 18.4. The maximum atomic E-state index is 16.2. The molecular formula is C40H34BCl2F10P. The Morgan fingerprint density at radius 2 is 0.815 bits per heavy atom. The molecule has 0 amide bonds. The lowest BCUT2D eigenvalue weighted by molar-refractivity contribution is 0.382. The van der Waals surface area contributed by atoms with Crippen molar-refractivity contribution < 1.29 is 43.9 Å². The van der Waals surface area contributed by atoms with Gasteiger partial charge < -0.3 is 0 Å². The van der Waals surface area contributed by atoms with Gasteiger partial charge in [-0.15, -0.1) is 34.1 Å². The summed E-state index contributed by atoms with van der Waals surface area (Å²) in [5, 5.41) is 1.49. The quantitative estimate of drug-likeness (QED) is 0.0383. The van der Waals surface area contributed by atoms with Crippen LogP contribution in [0.5, 0.6) is 0 Å². The van der Waals surface area contributed by atoms with Gasteiger partial charge >= 0.3 is 0 Å². The highest BCUT2D eigenvalue weighted by Gasteiger charge is 2.69. The number of benzene rings is 5. The second kappa shape index (κ2) is 15.5. The number of aryl methyl sites for hydroxylation is 6. The molecule has 0 aromatic heterocycles. The Kier molecular flexibility index (Phi) is 12.0. The van der Waals surface area contributed by atoms with E-state index in [0.29, 0.717) is 38.4 Å². The molecule has 1 atom stereocenters. The third-order valence-electron chi connectivity index (χ3n) is 10.5. The van der Waals surface area contributed by atoms with E-state index in [-0.39, 0.29) is 11.5 Å². The van der Waals surface area contributed by atoms with E-state index in [0.717, 1.165) is 11.1 Å². The molecule has 1 aliphatic rings. The van der Waals surface area contributed by atoms with E-state index in [1.165, 1.54) is 0 Å². The van der Waals surface area contributed by atoms with E-state index in [4.69, 9.17) is 23.2 Å². The van der Waals surface area contributed by atoms with Crippen molar-refractivity contribution in [3.8, 4) is 0 Å². The maximum Gasteiger partial charge on any atom is 0.200 e. The van der Waals surface area contributed by atoms with Crippen LogP contribution in [-0.4, -0.2) is 17.0 Å². The van der Waals surface area contributed by atoms with Crippen molar-refractivity contribution in [3.63, 3.8) is 0 Å². The van der Waals surface area contributed by atoms with Crippen molar-refractivity contribution >= 4 is 58.1 Å². The highest BCUT2D eigenvalue weighted by Crippen LogP contribution is 2.75. The summed E-state index contributed by atoms with van der Waals surface area (Å²) in [5.74, 6) is -24.1. The first-order valence-corrected chi connectivity index (χ1v) is 19.9. The Bertz CT molecular complexity index is 2050. The number of alkyl halides is 2. The minimum atomic E-state index is -3.94. The average molecular weight is 817 g/mol. The molecule has 0 bridgehead atoms. The topological polar surface area (TPSA) is 0 Å². The van der Waals surface area contributed by atoms with Gasteiger partial charge in [0, 0.05) is 0 Å². The van der Waals surface area contributed by atoms with Crippen molar-refractivity contribution in [2.75, 3.05) is 5.34 Å². The summed E-state index contributed by atoms with van der Waals surface area (Å²) >= 11 is 9.53. The monoisotopic (exact) mass is 816 g/mol. The van der Waals surface area contributed by atoms with Crippen LogP contribution in [0.4, 0.5) is 43.9 Å². The second-order valence-electron chi connectivity index (χ2n) is 14.0. The van der Waals surface area contributed by atoms with Crippen LogP contribution in [0.2, 0.25) is 6.32 Å². The normalized spacial score (nSPS) is 14.9. The first-order chi connectivity index (χ1) is 25.3. The summed E-state index contributed by atoms with van der Waals surface area (Å²) in [7, 11) is -3.51. The smallest absolute Gasteiger partial charge is 0.200 e. The number of rotatable bonds is 7. The Labute approximate surface area is 317 Å². The molecule has 5 aromatic rings. The van der Waals surface area contributed by atoms with Crippen molar-refractivity contribution in [1.82, 2.24) is 0 Å². The van der Waals surface area contributed by atoms with Crippen LogP contribution >= 0.6 is 30.5 Å². The molecule has 0 aliphatic carbocycles. The van der Waals surface area contributed by atoms with E-state index in [1.54, 1.807) is 58.0 Å². The van der Waals surface area contributed by atoms with Crippen molar-refractivity contribution in [1.29, 1.82) is 0 Å². The lowest BCUT2D eigenvalue weighted by Gasteiger charge is -2.39. The van der Waals surface area contributed by atoms with Gasteiger partial charge in [-0.25, -0.2) is 43.9 Å². The third-order valence-corrected chi connectivity index (χ3v) is 16.2. The molecule has 0 spiro atoms. The summed E-state index contributed by atoms with van der Waals surface area (Å²) in [6.07, 6.45) is -4.51. The Morgan fingerprint density at radius 1 is 0.519 bits per heavy atom. The Morgan fingerprint density at radius 3 is 1.13 bits per heavy atom. The molecule has 1 heterocycles. The summed E-state index contributed by atoms with van der Waals surface area (Å²) in [4.78, 5) is 0. The lowest BCUT2D eigenvalue weighted by atomic mass is 9.32. The SMILES string of the molecule is Cc1cc(C)c([P+](Cc2ccccc2)(c2c(C)cc(C)cc2C)[C@H]2C[B-]2(c2c(F)c(F)c(F)c(F)c2F)c2c(F)c(F)c(F)c(F)c2F)c(C)c1.ClCCl. The Balaban J connectivity index is 0.00000181. The third kappa shape index (κ3) is 6.62. The van der Waals surface area contributed by atoms with Gasteiger partial charge in [0.2, 0.25) is 0 Å². The summed E-state index contributed by atoms with van der Waals surface area (Å²) in [6, 6.07) is 16.2. The molecule has 0 N–H and O–H groups in total. The standard InChI is InChI=1S/C39H32BF10P.CH2Cl2/c1-18-12-20(3)38(21(4)13-18)51(17-24-10-8-7-9-11-24,39-22(5)14-19(2)15-23(39)6)25-16-40(25,26-28(41)32(45)36(49)33(46)29(26)42)27-30(43)34(47)37(50)35(48)31(27)44;2-1-3/h7-15,25H,16-17H2,1-6H3;1H2/t25-;/m0./s1. The Hall–Kier alpha value is -3.53. The predicted molar refractivity (Wildman–Crippen MR) is 200 cm³/mol. The molecule has 286 valence electrons. The first kappa shape index (κ1) is 41.6. The van der Waals surface area contributed by atoms with Crippen LogP contribution in [0.1, 0.15) is 38.9 Å². The largest absolute Gasteiger partial charge is 0.207 e. The molecule has 54 heavy (non-hydrogen) atoms. The molecule has 0 unspecified atom stereocenters. The molecule has 0 radical (unpaired) electrons. The molecule has 6 rings (SSSR count). The van der Waals surface area contributed by atoms with Crippen LogP contribution in [0.3, 0.4) is 0 Å². The lowest BCUT2D eigenvalue weighted by Crippen LogP contribution is -2.57. The molecule has 1 aliphatic heterocycles.